The number of carbonyl (C=O) groups is 1. The van der Waals surface area contributed by atoms with E-state index in [1.807, 2.05) is 6.07 Å². The van der Waals surface area contributed by atoms with E-state index in [1.54, 1.807) is 0 Å². The van der Waals surface area contributed by atoms with Crippen LogP contribution in [0.25, 0.3) is 0 Å². The van der Waals surface area contributed by atoms with Gasteiger partial charge in [0.25, 0.3) is 5.69 Å². The number of nitriles is 1. The largest absolute Gasteiger partial charge is 0.495 e. The molecule has 1 rings (SSSR count). The van der Waals surface area contributed by atoms with Gasteiger partial charge in [-0.25, -0.2) is 0 Å². The van der Waals surface area contributed by atoms with Gasteiger partial charge in [-0.3, -0.25) is 14.9 Å². The van der Waals surface area contributed by atoms with Gasteiger partial charge in [0, 0.05) is 18.7 Å². The molecule has 20 heavy (non-hydrogen) atoms. The Morgan fingerprint density at radius 3 is 2.80 bits per heavy atom. The van der Waals surface area contributed by atoms with Crippen LogP contribution in [0.3, 0.4) is 0 Å². The van der Waals surface area contributed by atoms with Gasteiger partial charge in [0.1, 0.15) is 12.3 Å². The second kappa shape index (κ2) is 6.94. The van der Waals surface area contributed by atoms with Crippen molar-refractivity contribution in [3.63, 3.8) is 0 Å². The van der Waals surface area contributed by atoms with Gasteiger partial charge in [-0.05, 0) is 6.07 Å². The quantitative estimate of drug-likeness (QED) is 0.455. The number of carboxylic acids is 1. The first-order chi connectivity index (χ1) is 9.49. The summed E-state index contributed by atoms with van der Waals surface area (Å²) < 4.78 is 5.09. The highest BCUT2D eigenvalue weighted by molar-refractivity contribution is 5.69. The predicted octanol–water partition coefficient (Wildman–Crippen LogP) is 1.41. The Bertz CT molecular complexity index is 553. The third-order valence-corrected chi connectivity index (χ3v) is 2.57. The fraction of sp³-hybridized carbons (Fsp3) is 0.333. The van der Waals surface area contributed by atoms with Crippen LogP contribution in [0.4, 0.5) is 11.4 Å². The Hall–Kier alpha value is -2.82. The molecular weight excluding hydrogens is 266 g/mol. The standard InChI is InChI=1S/C12H13N3O5/c1-20-11-3-2-9(15(18)19)8-10(11)14(7-5-13)6-4-12(16)17/h2-3,8H,4,6-7H2,1H3,(H,16,17). The molecule has 0 heterocycles. The van der Waals surface area contributed by atoms with Gasteiger partial charge in [-0.1, -0.05) is 0 Å². The molecule has 8 nitrogen and oxygen atoms in total. The molecule has 0 saturated carbocycles. The number of nitro benzene ring substituents is 1. The van der Waals surface area contributed by atoms with Gasteiger partial charge < -0.3 is 14.7 Å². The Morgan fingerprint density at radius 2 is 2.30 bits per heavy atom. The summed E-state index contributed by atoms with van der Waals surface area (Å²) in [5.41, 5.74) is 0.170. The van der Waals surface area contributed by atoms with E-state index in [2.05, 4.69) is 0 Å². The first kappa shape index (κ1) is 15.2. The summed E-state index contributed by atoms with van der Waals surface area (Å²) in [7, 11) is 1.40. The topological polar surface area (TPSA) is 117 Å². The van der Waals surface area contributed by atoms with E-state index < -0.39 is 10.9 Å². The molecule has 0 aliphatic rings. The SMILES string of the molecule is COc1ccc([N+](=O)[O-])cc1N(CC#N)CCC(=O)O. The number of nitro groups is 1. The van der Waals surface area contributed by atoms with Crippen molar-refractivity contribution in [3.8, 4) is 11.8 Å². The number of non-ortho nitro benzene ring substituents is 1. The van der Waals surface area contributed by atoms with Crippen LogP contribution in [0.1, 0.15) is 6.42 Å². The zero-order valence-electron chi connectivity index (χ0n) is 10.8. The van der Waals surface area contributed by atoms with Crippen molar-refractivity contribution in [3.05, 3.63) is 28.3 Å². The minimum atomic E-state index is -1.02. The van der Waals surface area contributed by atoms with Gasteiger partial charge >= 0.3 is 5.97 Å². The number of nitrogens with zero attached hydrogens (tertiary/aromatic N) is 3. The molecule has 1 aromatic carbocycles. The molecule has 0 aromatic heterocycles. The first-order valence-electron chi connectivity index (χ1n) is 5.65. The van der Waals surface area contributed by atoms with Gasteiger partial charge in [-0.2, -0.15) is 5.26 Å². The fourth-order valence-corrected chi connectivity index (χ4v) is 1.64. The third-order valence-electron chi connectivity index (χ3n) is 2.57. The van der Waals surface area contributed by atoms with Crippen molar-refractivity contribution in [2.75, 3.05) is 25.1 Å². The van der Waals surface area contributed by atoms with Crippen LogP contribution in [0.15, 0.2) is 18.2 Å². The lowest BCUT2D eigenvalue weighted by Gasteiger charge is -2.22. The van der Waals surface area contributed by atoms with Crippen LogP contribution in [-0.4, -0.2) is 36.2 Å². The lowest BCUT2D eigenvalue weighted by atomic mass is 10.2. The number of methoxy groups -OCH3 is 1. The Labute approximate surface area is 114 Å². The Kier molecular flexibility index (Phi) is 5.29. The highest BCUT2D eigenvalue weighted by Gasteiger charge is 2.17. The molecule has 8 heteroatoms. The van der Waals surface area contributed by atoms with E-state index in [9.17, 15) is 14.9 Å². The zero-order valence-corrected chi connectivity index (χ0v) is 10.8. The number of aliphatic carboxylic acids is 1. The Morgan fingerprint density at radius 1 is 1.60 bits per heavy atom. The molecular formula is C12H13N3O5. The minimum absolute atomic E-state index is 0.0560. The number of hydrogen-bond donors (Lipinski definition) is 1. The summed E-state index contributed by atoms with van der Waals surface area (Å²) >= 11 is 0. The summed E-state index contributed by atoms with van der Waals surface area (Å²) in [6.45, 7) is -0.0365. The van der Waals surface area contributed by atoms with Crippen LogP contribution in [0.5, 0.6) is 5.75 Å². The maximum absolute atomic E-state index is 10.8. The highest BCUT2D eigenvalue weighted by atomic mass is 16.6. The van der Waals surface area contributed by atoms with Crippen LogP contribution in [0.2, 0.25) is 0 Å². The van der Waals surface area contributed by atoms with E-state index >= 15 is 0 Å². The summed E-state index contributed by atoms with van der Waals surface area (Å²) in [6, 6.07) is 5.86. The average molecular weight is 279 g/mol. The molecule has 0 atom stereocenters. The molecule has 0 saturated heterocycles. The molecule has 0 radical (unpaired) electrons. The van der Waals surface area contributed by atoms with Crippen LogP contribution >= 0.6 is 0 Å². The van der Waals surface area contributed by atoms with Gasteiger partial charge in [0.2, 0.25) is 0 Å². The predicted molar refractivity (Wildman–Crippen MR) is 69.7 cm³/mol. The van der Waals surface area contributed by atoms with Gasteiger partial charge in [0.15, 0.2) is 0 Å². The van der Waals surface area contributed by atoms with E-state index in [0.29, 0.717) is 11.4 Å². The van der Waals surface area contributed by atoms with E-state index in [0.717, 1.165) is 0 Å². The van der Waals surface area contributed by atoms with Crippen molar-refractivity contribution in [2.24, 2.45) is 0 Å². The molecule has 1 N–H and O–H groups in total. The first-order valence-corrected chi connectivity index (χ1v) is 5.65. The fourth-order valence-electron chi connectivity index (χ4n) is 1.64. The van der Waals surface area contributed by atoms with E-state index in [-0.39, 0.29) is 25.2 Å². The highest BCUT2D eigenvalue weighted by Crippen LogP contribution is 2.32. The molecule has 0 fully saturated rings. The lowest BCUT2D eigenvalue weighted by Crippen LogP contribution is -2.27. The molecule has 0 amide bonds. The monoisotopic (exact) mass is 279 g/mol. The molecule has 0 aliphatic heterocycles. The number of rotatable bonds is 7. The summed E-state index contributed by atoms with van der Waals surface area (Å²) in [5, 5.41) is 28.3. The summed E-state index contributed by atoms with van der Waals surface area (Å²) in [5.74, 6) is -0.673. The second-order valence-corrected chi connectivity index (χ2v) is 3.84. The minimum Gasteiger partial charge on any atom is -0.495 e. The van der Waals surface area contributed by atoms with Crippen molar-refractivity contribution in [1.29, 1.82) is 5.26 Å². The average Bonchev–Trinajstić information content (AvgIpc) is 2.42. The van der Waals surface area contributed by atoms with Crippen LogP contribution in [0, 0.1) is 21.4 Å². The molecule has 0 bridgehead atoms. The normalized spacial score (nSPS) is 9.60. The van der Waals surface area contributed by atoms with Crippen molar-refractivity contribution >= 4 is 17.3 Å². The van der Waals surface area contributed by atoms with E-state index in [1.165, 1.54) is 30.2 Å². The van der Waals surface area contributed by atoms with Crippen LogP contribution < -0.4 is 9.64 Å². The number of benzene rings is 1. The molecule has 0 spiro atoms. The Balaban J connectivity index is 3.15. The summed E-state index contributed by atoms with van der Waals surface area (Å²) in [4.78, 5) is 22.3. The molecule has 0 unspecified atom stereocenters. The van der Waals surface area contributed by atoms with Gasteiger partial charge in [0.05, 0.1) is 30.2 Å². The number of ether oxygens (including phenoxy) is 1. The summed E-state index contributed by atoms with van der Waals surface area (Å²) in [6.07, 6.45) is -0.187. The maximum Gasteiger partial charge on any atom is 0.305 e. The van der Waals surface area contributed by atoms with Crippen molar-refractivity contribution in [1.82, 2.24) is 0 Å². The zero-order chi connectivity index (χ0) is 15.1. The number of anilines is 1. The maximum atomic E-state index is 10.8. The number of carboxylic acid groups (broad SMARTS) is 1. The molecule has 0 aliphatic carbocycles. The molecule has 1 aromatic rings. The lowest BCUT2D eigenvalue weighted by molar-refractivity contribution is -0.384. The van der Waals surface area contributed by atoms with Crippen LogP contribution in [-0.2, 0) is 4.79 Å². The second-order valence-electron chi connectivity index (χ2n) is 3.84. The third kappa shape index (κ3) is 3.84. The van der Waals surface area contributed by atoms with Gasteiger partial charge in [-0.15, -0.1) is 0 Å². The smallest absolute Gasteiger partial charge is 0.305 e. The molecule has 106 valence electrons. The van der Waals surface area contributed by atoms with Crippen molar-refractivity contribution < 1.29 is 19.6 Å². The number of hydrogen-bond acceptors (Lipinski definition) is 6. The van der Waals surface area contributed by atoms with E-state index in [4.69, 9.17) is 15.1 Å². The van der Waals surface area contributed by atoms with Crippen molar-refractivity contribution in [2.45, 2.75) is 6.42 Å².